The molecule has 0 saturated carbocycles. The predicted molar refractivity (Wildman–Crippen MR) is 102 cm³/mol. The number of benzene rings is 1. The Hall–Kier alpha value is -2.02. The molecular weight excluding hydrogens is 367 g/mol. The van der Waals surface area contributed by atoms with Crippen molar-refractivity contribution < 1.29 is 9.18 Å². The summed E-state index contributed by atoms with van der Waals surface area (Å²) in [6.07, 6.45) is 5.10. The third-order valence-electron chi connectivity index (χ3n) is 5.53. The number of piperidine rings is 1. The molecular formula is C20H22ClFN4O. The highest BCUT2D eigenvalue weighted by Crippen LogP contribution is 2.32. The first-order valence-corrected chi connectivity index (χ1v) is 9.63. The highest BCUT2D eigenvalue weighted by atomic mass is 35.5. The average molecular weight is 389 g/mol. The number of carbonyl (C=O) groups excluding carboxylic acids is 1. The first-order valence-electron chi connectivity index (χ1n) is 9.25. The van der Waals surface area contributed by atoms with Crippen molar-refractivity contribution >= 4 is 17.5 Å². The zero-order valence-corrected chi connectivity index (χ0v) is 15.6. The minimum atomic E-state index is -0.223. The Bertz CT molecular complexity index is 816. The molecule has 2 aromatic rings. The summed E-state index contributed by atoms with van der Waals surface area (Å²) in [5, 5.41) is 0.465. The number of pyridine rings is 1. The van der Waals surface area contributed by atoms with Crippen LogP contribution in [0.3, 0.4) is 0 Å². The van der Waals surface area contributed by atoms with Crippen LogP contribution in [0.4, 0.5) is 4.39 Å². The maximum Gasteiger partial charge on any atom is 0.255 e. The summed E-state index contributed by atoms with van der Waals surface area (Å²) < 4.78 is 13.3. The van der Waals surface area contributed by atoms with E-state index in [2.05, 4.69) is 15.8 Å². The SMILES string of the molecule is O=C(c1cncc(Cl)c1)N1CCCC(C2NNCC2c2ccc(F)cc2)C1. The van der Waals surface area contributed by atoms with Crippen molar-refractivity contribution in [2.24, 2.45) is 5.92 Å². The molecule has 4 rings (SSSR count). The second kappa shape index (κ2) is 7.92. The highest BCUT2D eigenvalue weighted by molar-refractivity contribution is 6.30. The zero-order valence-electron chi connectivity index (χ0n) is 14.9. The van der Waals surface area contributed by atoms with E-state index in [1.165, 1.54) is 18.3 Å². The smallest absolute Gasteiger partial charge is 0.255 e. The normalized spacial score (nSPS) is 25.6. The molecule has 1 aromatic carbocycles. The van der Waals surface area contributed by atoms with Gasteiger partial charge in [0.25, 0.3) is 5.91 Å². The predicted octanol–water partition coefficient (Wildman–Crippen LogP) is 2.99. The van der Waals surface area contributed by atoms with E-state index in [1.807, 2.05) is 17.0 Å². The molecule has 2 N–H and O–H groups in total. The molecule has 0 bridgehead atoms. The third-order valence-corrected chi connectivity index (χ3v) is 5.73. The van der Waals surface area contributed by atoms with Gasteiger partial charge in [-0.2, -0.15) is 0 Å². The van der Waals surface area contributed by atoms with E-state index >= 15 is 0 Å². The summed E-state index contributed by atoms with van der Waals surface area (Å²) in [5.74, 6) is 0.316. The number of rotatable bonds is 3. The van der Waals surface area contributed by atoms with Crippen molar-refractivity contribution in [1.29, 1.82) is 0 Å². The van der Waals surface area contributed by atoms with Gasteiger partial charge in [-0.3, -0.25) is 20.6 Å². The molecule has 1 aromatic heterocycles. The number of likely N-dealkylation sites (tertiary alicyclic amines) is 1. The van der Waals surface area contributed by atoms with Crippen LogP contribution in [0.2, 0.25) is 5.02 Å². The van der Waals surface area contributed by atoms with Crippen LogP contribution in [-0.4, -0.2) is 41.5 Å². The van der Waals surface area contributed by atoms with Crippen LogP contribution >= 0.6 is 11.6 Å². The molecule has 2 aliphatic heterocycles. The summed E-state index contributed by atoms with van der Waals surface area (Å²) in [7, 11) is 0. The van der Waals surface area contributed by atoms with Gasteiger partial charge in [0.2, 0.25) is 0 Å². The van der Waals surface area contributed by atoms with Crippen LogP contribution < -0.4 is 10.9 Å². The van der Waals surface area contributed by atoms with E-state index in [0.29, 0.717) is 23.0 Å². The number of halogens is 2. The molecule has 1 amide bonds. The molecule has 5 nitrogen and oxygen atoms in total. The van der Waals surface area contributed by atoms with Crippen molar-refractivity contribution in [3.63, 3.8) is 0 Å². The van der Waals surface area contributed by atoms with E-state index in [0.717, 1.165) is 31.5 Å². The van der Waals surface area contributed by atoms with Gasteiger partial charge in [-0.05, 0) is 42.5 Å². The minimum absolute atomic E-state index is 0.0287. The van der Waals surface area contributed by atoms with Crippen LogP contribution in [0, 0.1) is 11.7 Å². The Morgan fingerprint density at radius 3 is 2.85 bits per heavy atom. The molecule has 7 heteroatoms. The maximum absolute atomic E-state index is 13.3. The lowest BCUT2D eigenvalue weighted by molar-refractivity contribution is 0.0644. The highest BCUT2D eigenvalue weighted by Gasteiger charge is 2.37. The lowest BCUT2D eigenvalue weighted by atomic mass is 9.81. The first kappa shape index (κ1) is 18.3. The maximum atomic E-state index is 13.3. The quantitative estimate of drug-likeness (QED) is 0.848. The van der Waals surface area contributed by atoms with Gasteiger partial charge < -0.3 is 4.90 Å². The van der Waals surface area contributed by atoms with Crippen LogP contribution in [0.5, 0.6) is 0 Å². The Morgan fingerprint density at radius 1 is 1.26 bits per heavy atom. The summed E-state index contributed by atoms with van der Waals surface area (Å²) in [4.78, 5) is 18.8. The molecule has 0 aliphatic carbocycles. The summed E-state index contributed by atoms with van der Waals surface area (Å²) in [6, 6.07) is 8.58. The van der Waals surface area contributed by atoms with Crippen molar-refractivity contribution in [3.8, 4) is 0 Å². The molecule has 2 fully saturated rings. The van der Waals surface area contributed by atoms with Crippen LogP contribution in [0.15, 0.2) is 42.7 Å². The number of hydrogen-bond donors (Lipinski definition) is 2. The molecule has 3 heterocycles. The molecule has 142 valence electrons. The van der Waals surface area contributed by atoms with Crippen molar-refractivity contribution in [3.05, 3.63) is 64.7 Å². The van der Waals surface area contributed by atoms with Crippen molar-refractivity contribution in [2.75, 3.05) is 19.6 Å². The number of carbonyl (C=O) groups is 1. The Morgan fingerprint density at radius 2 is 2.07 bits per heavy atom. The van der Waals surface area contributed by atoms with Crippen LogP contribution in [0.1, 0.15) is 34.7 Å². The standard InChI is InChI=1S/C20H22ClFN4O/c21-16-8-15(9-23-10-16)20(27)26-7-1-2-14(12-26)19-18(11-24-25-19)13-3-5-17(22)6-4-13/h3-6,8-10,14,18-19,24-25H,1-2,7,11-12H2. The Balaban J connectivity index is 1.49. The molecule has 27 heavy (non-hydrogen) atoms. The van der Waals surface area contributed by atoms with Gasteiger partial charge in [-0.15, -0.1) is 0 Å². The third kappa shape index (κ3) is 3.98. The zero-order chi connectivity index (χ0) is 18.8. The van der Waals surface area contributed by atoms with Crippen LogP contribution in [-0.2, 0) is 0 Å². The number of hydrazine groups is 1. The number of aromatic nitrogens is 1. The van der Waals surface area contributed by atoms with E-state index in [-0.39, 0.29) is 23.7 Å². The Labute approximate surface area is 162 Å². The van der Waals surface area contributed by atoms with E-state index < -0.39 is 0 Å². The molecule has 0 radical (unpaired) electrons. The molecule has 3 unspecified atom stereocenters. The van der Waals surface area contributed by atoms with Gasteiger partial charge in [0.1, 0.15) is 5.82 Å². The fourth-order valence-corrected chi connectivity index (χ4v) is 4.37. The van der Waals surface area contributed by atoms with Crippen molar-refractivity contribution in [2.45, 2.75) is 24.8 Å². The topological polar surface area (TPSA) is 57.3 Å². The lowest BCUT2D eigenvalue weighted by Crippen LogP contribution is -2.48. The Kier molecular flexibility index (Phi) is 5.38. The monoisotopic (exact) mass is 388 g/mol. The summed E-state index contributed by atoms with van der Waals surface area (Å²) in [6.45, 7) is 2.21. The minimum Gasteiger partial charge on any atom is -0.338 e. The van der Waals surface area contributed by atoms with Crippen molar-refractivity contribution in [1.82, 2.24) is 20.7 Å². The van der Waals surface area contributed by atoms with Gasteiger partial charge >= 0.3 is 0 Å². The molecule has 3 atom stereocenters. The summed E-state index contributed by atoms with van der Waals surface area (Å²) >= 11 is 5.98. The lowest BCUT2D eigenvalue weighted by Gasteiger charge is -2.37. The van der Waals surface area contributed by atoms with Crippen LogP contribution in [0.25, 0.3) is 0 Å². The molecule has 0 spiro atoms. The van der Waals surface area contributed by atoms with Gasteiger partial charge in [-0.1, -0.05) is 23.7 Å². The van der Waals surface area contributed by atoms with Gasteiger partial charge in [0, 0.05) is 44.0 Å². The van der Waals surface area contributed by atoms with Gasteiger partial charge in [-0.25, -0.2) is 4.39 Å². The first-order chi connectivity index (χ1) is 13.1. The second-order valence-electron chi connectivity index (χ2n) is 7.25. The van der Waals surface area contributed by atoms with E-state index in [4.69, 9.17) is 11.6 Å². The largest absolute Gasteiger partial charge is 0.338 e. The number of nitrogens with one attached hydrogen (secondary N) is 2. The number of amides is 1. The van der Waals surface area contributed by atoms with E-state index in [9.17, 15) is 9.18 Å². The number of nitrogens with zero attached hydrogens (tertiary/aromatic N) is 2. The molecule has 2 aliphatic rings. The fraction of sp³-hybridized carbons (Fsp3) is 0.400. The van der Waals surface area contributed by atoms with Gasteiger partial charge in [0.15, 0.2) is 0 Å². The summed E-state index contributed by atoms with van der Waals surface area (Å²) in [5.41, 5.74) is 8.26. The van der Waals surface area contributed by atoms with E-state index in [1.54, 1.807) is 12.3 Å². The average Bonchev–Trinajstić information content (AvgIpc) is 3.18. The fourth-order valence-electron chi connectivity index (χ4n) is 4.19. The van der Waals surface area contributed by atoms with Gasteiger partial charge in [0.05, 0.1) is 10.6 Å². The second-order valence-corrected chi connectivity index (χ2v) is 7.69. The molecule has 2 saturated heterocycles. The number of hydrogen-bond acceptors (Lipinski definition) is 4.